The molecule has 0 spiro atoms. The van der Waals surface area contributed by atoms with Gasteiger partial charge in [-0.15, -0.1) is 0 Å². The van der Waals surface area contributed by atoms with Crippen LogP contribution in [0.5, 0.6) is 0 Å². The first-order chi connectivity index (χ1) is 7.64. The molecule has 2 N–H and O–H groups in total. The third-order valence-corrected chi connectivity index (χ3v) is 3.84. The second-order valence-electron chi connectivity index (χ2n) is 5.77. The standard InChI is InChI=1S/C12H23F3N2/c1-9(2)17(8-12(13,14)15)7-11(3)6-4-5-10(11)16/h9-10H,4-8,16H2,1-3H3. The molecule has 0 radical (unpaired) electrons. The van der Waals surface area contributed by atoms with Crippen LogP contribution in [0.2, 0.25) is 0 Å². The monoisotopic (exact) mass is 252 g/mol. The van der Waals surface area contributed by atoms with Crippen LogP contribution in [0.25, 0.3) is 0 Å². The Balaban J connectivity index is 2.67. The lowest BCUT2D eigenvalue weighted by Gasteiger charge is -2.38. The van der Waals surface area contributed by atoms with Gasteiger partial charge in [-0.05, 0) is 32.1 Å². The summed E-state index contributed by atoms with van der Waals surface area (Å²) in [6, 6.07) is -0.0850. The van der Waals surface area contributed by atoms with E-state index in [9.17, 15) is 13.2 Å². The molecular weight excluding hydrogens is 229 g/mol. The van der Waals surface area contributed by atoms with Gasteiger partial charge in [0.05, 0.1) is 6.54 Å². The Morgan fingerprint density at radius 3 is 2.35 bits per heavy atom. The Morgan fingerprint density at radius 2 is 2.00 bits per heavy atom. The lowest BCUT2D eigenvalue weighted by molar-refractivity contribution is -0.153. The van der Waals surface area contributed by atoms with Crippen LogP contribution in [0.15, 0.2) is 0 Å². The highest BCUT2D eigenvalue weighted by Gasteiger charge is 2.40. The molecule has 1 aliphatic carbocycles. The molecule has 1 saturated carbocycles. The first-order valence-electron chi connectivity index (χ1n) is 6.20. The molecule has 0 bridgehead atoms. The summed E-state index contributed by atoms with van der Waals surface area (Å²) in [7, 11) is 0. The summed E-state index contributed by atoms with van der Waals surface area (Å²) in [6.45, 7) is 5.21. The van der Waals surface area contributed by atoms with E-state index in [4.69, 9.17) is 5.73 Å². The van der Waals surface area contributed by atoms with Crippen molar-refractivity contribution in [3.63, 3.8) is 0 Å². The number of halogens is 3. The van der Waals surface area contributed by atoms with Gasteiger partial charge in [-0.1, -0.05) is 13.3 Å². The fourth-order valence-electron chi connectivity index (χ4n) is 2.57. The van der Waals surface area contributed by atoms with Crippen molar-refractivity contribution in [3.8, 4) is 0 Å². The predicted molar refractivity (Wildman–Crippen MR) is 62.7 cm³/mol. The number of rotatable bonds is 4. The van der Waals surface area contributed by atoms with Gasteiger partial charge in [0.25, 0.3) is 0 Å². The molecule has 1 aliphatic rings. The average Bonchev–Trinajstić information content (AvgIpc) is 2.43. The van der Waals surface area contributed by atoms with E-state index in [-0.39, 0.29) is 17.5 Å². The highest BCUT2D eigenvalue weighted by atomic mass is 19.4. The van der Waals surface area contributed by atoms with E-state index in [0.29, 0.717) is 6.54 Å². The molecule has 0 aliphatic heterocycles. The first kappa shape index (κ1) is 14.8. The number of hydrogen-bond acceptors (Lipinski definition) is 2. The van der Waals surface area contributed by atoms with Crippen LogP contribution in [-0.2, 0) is 0 Å². The zero-order chi connectivity index (χ0) is 13.3. The minimum Gasteiger partial charge on any atom is -0.327 e. The van der Waals surface area contributed by atoms with Gasteiger partial charge >= 0.3 is 6.18 Å². The van der Waals surface area contributed by atoms with Crippen LogP contribution in [0.1, 0.15) is 40.0 Å². The van der Waals surface area contributed by atoms with Crippen LogP contribution < -0.4 is 5.73 Å². The number of nitrogens with two attached hydrogens (primary N) is 1. The Hall–Kier alpha value is -0.290. The quantitative estimate of drug-likeness (QED) is 0.833. The van der Waals surface area contributed by atoms with Crippen LogP contribution in [0.4, 0.5) is 13.2 Å². The second-order valence-corrected chi connectivity index (χ2v) is 5.77. The van der Waals surface area contributed by atoms with E-state index in [1.165, 1.54) is 4.90 Å². The maximum absolute atomic E-state index is 12.5. The molecule has 2 unspecified atom stereocenters. The molecule has 0 amide bonds. The Labute approximate surface area is 101 Å². The lowest BCUT2D eigenvalue weighted by Crippen LogP contribution is -2.49. The van der Waals surface area contributed by atoms with Crippen molar-refractivity contribution in [1.29, 1.82) is 0 Å². The summed E-state index contributed by atoms with van der Waals surface area (Å²) in [6.07, 6.45) is -1.26. The van der Waals surface area contributed by atoms with Gasteiger partial charge in [0.15, 0.2) is 0 Å². The molecule has 0 heterocycles. The van der Waals surface area contributed by atoms with E-state index in [2.05, 4.69) is 0 Å². The van der Waals surface area contributed by atoms with Crippen molar-refractivity contribution in [2.24, 2.45) is 11.1 Å². The normalized spacial score (nSPS) is 30.5. The molecule has 2 nitrogen and oxygen atoms in total. The predicted octanol–water partition coefficient (Wildman–Crippen LogP) is 2.78. The summed E-state index contributed by atoms with van der Waals surface area (Å²) in [5, 5.41) is 0. The van der Waals surface area contributed by atoms with E-state index >= 15 is 0 Å². The zero-order valence-electron chi connectivity index (χ0n) is 10.8. The second kappa shape index (κ2) is 5.14. The molecule has 1 fully saturated rings. The Kier molecular flexibility index (Phi) is 4.47. The zero-order valence-corrected chi connectivity index (χ0v) is 10.8. The van der Waals surface area contributed by atoms with Gasteiger partial charge in [-0.25, -0.2) is 0 Å². The van der Waals surface area contributed by atoms with Gasteiger partial charge in [-0.2, -0.15) is 13.2 Å². The van der Waals surface area contributed by atoms with E-state index in [1.54, 1.807) is 13.8 Å². The minimum absolute atomic E-state index is 0.0250. The summed E-state index contributed by atoms with van der Waals surface area (Å²) < 4.78 is 37.5. The number of alkyl halides is 3. The van der Waals surface area contributed by atoms with Crippen molar-refractivity contribution < 1.29 is 13.2 Å². The molecule has 17 heavy (non-hydrogen) atoms. The van der Waals surface area contributed by atoms with Gasteiger partial charge in [-0.3, -0.25) is 4.90 Å². The SMILES string of the molecule is CC(C)N(CC(F)(F)F)CC1(C)CCCC1N. The highest BCUT2D eigenvalue weighted by molar-refractivity contribution is 4.94. The van der Waals surface area contributed by atoms with E-state index in [1.807, 2.05) is 6.92 Å². The maximum atomic E-state index is 12.5. The third kappa shape index (κ3) is 4.14. The van der Waals surface area contributed by atoms with Crippen LogP contribution in [0, 0.1) is 5.41 Å². The smallest absolute Gasteiger partial charge is 0.327 e. The van der Waals surface area contributed by atoms with Crippen LogP contribution in [-0.4, -0.2) is 36.2 Å². The molecular formula is C12H23F3N2. The minimum atomic E-state index is -4.14. The number of nitrogens with zero attached hydrogens (tertiary/aromatic N) is 1. The Bertz CT molecular complexity index is 253. The van der Waals surface area contributed by atoms with Crippen molar-refractivity contribution in [2.75, 3.05) is 13.1 Å². The topological polar surface area (TPSA) is 29.3 Å². The number of hydrogen-bond donors (Lipinski definition) is 1. The molecule has 0 aromatic heterocycles. The highest BCUT2D eigenvalue weighted by Crippen LogP contribution is 2.38. The first-order valence-corrected chi connectivity index (χ1v) is 6.20. The van der Waals surface area contributed by atoms with Gasteiger partial charge < -0.3 is 5.73 Å². The van der Waals surface area contributed by atoms with Crippen molar-refractivity contribution in [1.82, 2.24) is 4.90 Å². The molecule has 102 valence electrons. The molecule has 2 atom stereocenters. The van der Waals surface area contributed by atoms with Crippen LogP contribution >= 0.6 is 0 Å². The average molecular weight is 252 g/mol. The molecule has 0 aromatic carbocycles. The summed E-state index contributed by atoms with van der Waals surface area (Å²) in [5.74, 6) is 0. The van der Waals surface area contributed by atoms with E-state index < -0.39 is 12.7 Å². The van der Waals surface area contributed by atoms with Crippen molar-refractivity contribution >= 4 is 0 Å². The van der Waals surface area contributed by atoms with Gasteiger partial charge in [0.2, 0.25) is 0 Å². The van der Waals surface area contributed by atoms with E-state index in [0.717, 1.165) is 19.3 Å². The summed E-state index contributed by atoms with van der Waals surface area (Å²) in [4.78, 5) is 1.49. The summed E-state index contributed by atoms with van der Waals surface area (Å²) in [5.41, 5.74) is 5.85. The van der Waals surface area contributed by atoms with Gasteiger partial charge in [0.1, 0.15) is 0 Å². The van der Waals surface area contributed by atoms with Crippen LogP contribution in [0.3, 0.4) is 0 Å². The molecule has 1 rings (SSSR count). The van der Waals surface area contributed by atoms with Crippen molar-refractivity contribution in [3.05, 3.63) is 0 Å². The molecule has 0 aromatic rings. The fourth-order valence-corrected chi connectivity index (χ4v) is 2.57. The molecule has 0 saturated heterocycles. The Morgan fingerprint density at radius 1 is 1.41 bits per heavy atom. The van der Waals surface area contributed by atoms with Crippen molar-refractivity contribution in [2.45, 2.75) is 58.3 Å². The largest absolute Gasteiger partial charge is 0.401 e. The molecule has 5 heteroatoms. The van der Waals surface area contributed by atoms with Gasteiger partial charge in [0, 0.05) is 18.6 Å². The maximum Gasteiger partial charge on any atom is 0.401 e. The fraction of sp³-hybridized carbons (Fsp3) is 1.00. The third-order valence-electron chi connectivity index (χ3n) is 3.84. The lowest BCUT2D eigenvalue weighted by atomic mass is 9.84. The summed E-state index contributed by atoms with van der Waals surface area (Å²) >= 11 is 0.